The van der Waals surface area contributed by atoms with Gasteiger partial charge < -0.3 is 19.5 Å². The Hall–Kier alpha value is -3.54. The van der Waals surface area contributed by atoms with Crippen molar-refractivity contribution in [3.8, 4) is 17.2 Å². The second-order valence-electron chi connectivity index (χ2n) is 6.50. The maximum atomic E-state index is 12.6. The first-order chi connectivity index (χ1) is 13.7. The standard InChI is InChI=1S/C22H20N2O4/c1-15-4-6-16(7-5-15)22(17-3-2-10-23-12-17)24-21(25)13-26-18-8-9-19-20(11-18)28-14-27-19/h2-12,22H,13-14H2,1H3,(H,24,25)/t22-/m1/s1. The van der Waals surface area contributed by atoms with E-state index in [1.165, 1.54) is 0 Å². The highest BCUT2D eigenvalue weighted by Crippen LogP contribution is 2.35. The van der Waals surface area contributed by atoms with Crippen molar-refractivity contribution in [2.24, 2.45) is 0 Å². The number of carbonyl (C=O) groups is 1. The molecule has 6 heteroatoms. The summed E-state index contributed by atoms with van der Waals surface area (Å²) in [5, 5.41) is 3.03. The molecule has 1 aliphatic rings. The number of carbonyl (C=O) groups excluding carboxylic acids is 1. The van der Waals surface area contributed by atoms with Crippen molar-refractivity contribution < 1.29 is 19.0 Å². The summed E-state index contributed by atoms with van der Waals surface area (Å²) in [5.74, 6) is 1.61. The van der Waals surface area contributed by atoms with Gasteiger partial charge in [-0.1, -0.05) is 35.9 Å². The zero-order valence-corrected chi connectivity index (χ0v) is 15.4. The molecule has 1 N–H and O–H groups in total. The van der Waals surface area contributed by atoms with E-state index in [9.17, 15) is 4.79 Å². The van der Waals surface area contributed by atoms with Gasteiger partial charge in [-0.2, -0.15) is 0 Å². The molecule has 0 fully saturated rings. The first-order valence-electron chi connectivity index (χ1n) is 8.97. The van der Waals surface area contributed by atoms with Crippen LogP contribution in [0.2, 0.25) is 0 Å². The SMILES string of the molecule is Cc1ccc([C@@H](NC(=O)COc2ccc3c(c2)OCO3)c2cccnc2)cc1. The Kier molecular flexibility index (Phi) is 5.10. The van der Waals surface area contributed by atoms with Gasteiger partial charge in [-0.25, -0.2) is 0 Å². The number of hydrogen-bond acceptors (Lipinski definition) is 5. The highest BCUT2D eigenvalue weighted by atomic mass is 16.7. The molecule has 0 saturated heterocycles. The highest BCUT2D eigenvalue weighted by molar-refractivity contribution is 5.78. The van der Waals surface area contributed by atoms with Crippen LogP contribution in [0.25, 0.3) is 0 Å². The van der Waals surface area contributed by atoms with E-state index in [1.807, 2.05) is 43.3 Å². The van der Waals surface area contributed by atoms with Crippen molar-refractivity contribution in [1.29, 1.82) is 0 Å². The Morgan fingerprint density at radius 2 is 1.93 bits per heavy atom. The Morgan fingerprint density at radius 1 is 1.11 bits per heavy atom. The van der Waals surface area contributed by atoms with Crippen LogP contribution in [0.15, 0.2) is 67.0 Å². The van der Waals surface area contributed by atoms with E-state index < -0.39 is 0 Å². The number of nitrogens with zero attached hydrogens (tertiary/aromatic N) is 1. The molecule has 28 heavy (non-hydrogen) atoms. The minimum absolute atomic E-state index is 0.109. The van der Waals surface area contributed by atoms with Crippen molar-refractivity contribution in [1.82, 2.24) is 10.3 Å². The lowest BCUT2D eigenvalue weighted by molar-refractivity contribution is -0.123. The molecular formula is C22H20N2O4. The van der Waals surface area contributed by atoms with Crippen LogP contribution in [-0.2, 0) is 4.79 Å². The second-order valence-corrected chi connectivity index (χ2v) is 6.50. The Labute approximate surface area is 163 Å². The summed E-state index contributed by atoms with van der Waals surface area (Å²) in [4.78, 5) is 16.7. The van der Waals surface area contributed by atoms with Crippen LogP contribution in [-0.4, -0.2) is 24.3 Å². The molecule has 1 amide bonds. The summed E-state index contributed by atoms with van der Waals surface area (Å²) >= 11 is 0. The molecule has 1 aromatic heterocycles. The summed E-state index contributed by atoms with van der Waals surface area (Å²) in [6.45, 7) is 2.12. The number of amides is 1. The molecule has 0 unspecified atom stereocenters. The minimum atomic E-state index is -0.304. The maximum absolute atomic E-state index is 12.6. The fraction of sp³-hybridized carbons (Fsp3) is 0.182. The van der Waals surface area contributed by atoms with E-state index in [4.69, 9.17) is 14.2 Å². The van der Waals surface area contributed by atoms with Crippen LogP contribution < -0.4 is 19.5 Å². The van der Waals surface area contributed by atoms with Gasteiger partial charge in [0.15, 0.2) is 18.1 Å². The van der Waals surface area contributed by atoms with Crippen molar-refractivity contribution in [2.45, 2.75) is 13.0 Å². The Morgan fingerprint density at radius 3 is 2.71 bits per heavy atom. The molecule has 0 spiro atoms. The van der Waals surface area contributed by atoms with Gasteiger partial charge in [-0.3, -0.25) is 9.78 Å². The molecule has 0 saturated carbocycles. The minimum Gasteiger partial charge on any atom is -0.484 e. The average Bonchev–Trinajstić information content (AvgIpc) is 3.20. The summed E-state index contributed by atoms with van der Waals surface area (Å²) in [5.41, 5.74) is 3.05. The Balaban J connectivity index is 1.45. The van der Waals surface area contributed by atoms with Gasteiger partial charge in [0.25, 0.3) is 5.91 Å². The average molecular weight is 376 g/mol. The van der Waals surface area contributed by atoms with Gasteiger partial charge in [0, 0.05) is 18.5 Å². The first kappa shape index (κ1) is 17.9. The third-order valence-corrected chi connectivity index (χ3v) is 4.45. The van der Waals surface area contributed by atoms with E-state index in [-0.39, 0.29) is 25.3 Å². The number of ether oxygens (including phenoxy) is 3. The first-order valence-corrected chi connectivity index (χ1v) is 8.97. The molecular weight excluding hydrogens is 356 g/mol. The normalized spacial score (nSPS) is 13.0. The fourth-order valence-electron chi connectivity index (χ4n) is 2.98. The molecule has 2 aromatic carbocycles. The quantitative estimate of drug-likeness (QED) is 0.714. The van der Waals surface area contributed by atoms with Gasteiger partial charge in [0.2, 0.25) is 6.79 Å². The molecule has 1 aliphatic heterocycles. The van der Waals surface area contributed by atoms with Crippen LogP contribution in [0.1, 0.15) is 22.7 Å². The monoisotopic (exact) mass is 376 g/mol. The number of nitrogens with one attached hydrogen (secondary N) is 1. The summed E-state index contributed by atoms with van der Waals surface area (Å²) in [7, 11) is 0. The van der Waals surface area contributed by atoms with Crippen molar-refractivity contribution in [3.05, 3.63) is 83.7 Å². The number of rotatable bonds is 6. The molecule has 6 nitrogen and oxygen atoms in total. The number of aryl methyl sites for hydroxylation is 1. The lowest BCUT2D eigenvalue weighted by atomic mass is 9.99. The van der Waals surface area contributed by atoms with Gasteiger partial charge in [-0.05, 0) is 36.2 Å². The zero-order valence-electron chi connectivity index (χ0n) is 15.4. The van der Waals surface area contributed by atoms with Gasteiger partial charge in [0.05, 0.1) is 6.04 Å². The van der Waals surface area contributed by atoms with E-state index in [0.29, 0.717) is 17.2 Å². The maximum Gasteiger partial charge on any atom is 0.258 e. The molecule has 3 aromatic rings. The van der Waals surface area contributed by atoms with Gasteiger partial charge in [0.1, 0.15) is 5.75 Å². The predicted octanol–water partition coefficient (Wildman–Crippen LogP) is 3.40. The van der Waals surface area contributed by atoms with E-state index in [2.05, 4.69) is 10.3 Å². The number of benzene rings is 2. The lowest BCUT2D eigenvalue weighted by Crippen LogP contribution is -2.33. The highest BCUT2D eigenvalue weighted by Gasteiger charge is 2.18. The second kappa shape index (κ2) is 8.00. The van der Waals surface area contributed by atoms with Crippen molar-refractivity contribution in [3.63, 3.8) is 0 Å². The number of fused-ring (bicyclic) bond motifs is 1. The molecule has 0 radical (unpaired) electrons. The van der Waals surface area contributed by atoms with E-state index in [1.54, 1.807) is 30.6 Å². The largest absolute Gasteiger partial charge is 0.484 e. The van der Waals surface area contributed by atoms with Crippen LogP contribution in [0, 0.1) is 6.92 Å². The molecule has 142 valence electrons. The Bertz CT molecular complexity index is 958. The third-order valence-electron chi connectivity index (χ3n) is 4.45. The van der Waals surface area contributed by atoms with Gasteiger partial charge >= 0.3 is 0 Å². The predicted molar refractivity (Wildman–Crippen MR) is 103 cm³/mol. The molecule has 0 aliphatic carbocycles. The summed E-state index contributed by atoms with van der Waals surface area (Å²) in [6, 6.07) is 16.8. The number of pyridine rings is 1. The number of aromatic nitrogens is 1. The van der Waals surface area contributed by atoms with Crippen LogP contribution in [0.4, 0.5) is 0 Å². The van der Waals surface area contributed by atoms with E-state index in [0.717, 1.165) is 16.7 Å². The topological polar surface area (TPSA) is 69.7 Å². The number of hydrogen-bond donors (Lipinski definition) is 1. The van der Waals surface area contributed by atoms with Crippen LogP contribution in [0.5, 0.6) is 17.2 Å². The summed E-state index contributed by atoms with van der Waals surface area (Å²) in [6.07, 6.45) is 3.46. The summed E-state index contributed by atoms with van der Waals surface area (Å²) < 4.78 is 16.2. The zero-order chi connectivity index (χ0) is 19.3. The molecule has 1 atom stereocenters. The molecule has 0 bridgehead atoms. The van der Waals surface area contributed by atoms with Crippen LogP contribution in [0.3, 0.4) is 0 Å². The molecule has 2 heterocycles. The van der Waals surface area contributed by atoms with E-state index >= 15 is 0 Å². The van der Waals surface area contributed by atoms with Crippen molar-refractivity contribution >= 4 is 5.91 Å². The van der Waals surface area contributed by atoms with Gasteiger partial charge in [-0.15, -0.1) is 0 Å². The fourth-order valence-corrected chi connectivity index (χ4v) is 2.98. The van der Waals surface area contributed by atoms with Crippen molar-refractivity contribution in [2.75, 3.05) is 13.4 Å². The molecule has 4 rings (SSSR count). The third kappa shape index (κ3) is 4.06. The lowest BCUT2D eigenvalue weighted by Gasteiger charge is -2.20. The smallest absolute Gasteiger partial charge is 0.258 e. The van der Waals surface area contributed by atoms with Crippen LogP contribution >= 0.6 is 0 Å².